The van der Waals surface area contributed by atoms with Crippen molar-refractivity contribution in [3.63, 3.8) is 0 Å². The van der Waals surface area contributed by atoms with E-state index in [1.165, 1.54) is 0 Å². The lowest BCUT2D eigenvalue weighted by Gasteiger charge is -2.32. The SMILES string of the molecule is Cc1cccc(C(=O)N2CCC[C@@H](c3cc(C(F)(F)F)c4c(N)nc(C)nc4n3)C2)n1. The quantitative estimate of drug-likeness (QED) is 0.666. The van der Waals surface area contributed by atoms with Crippen molar-refractivity contribution in [1.82, 2.24) is 24.8 Å². The van der Waals surface area contributed by atoms with Crippen LogP contribution in [0.2, 0.25) is 0 Å². The molecular formula is C21H21F3N6O. The molecule has 4 heterocycles. The van der Waals surface area contributed by atoms with Crippen LogP contribution in [0.3, 0.4) is 0 Å². The first-order chi connectivity index (χ1) is 14.6. The Bertz CT molecular complexity index is 1160. The summed E-state index contributed by atoms with van der Waals surface area (Å²) in [5, 5.41) is -0.297. The van der Waals surface area contributed by atoms with E-state index >= 15 is 0 Å². The van der Waals surface area contributed by atoms with Crippen LogP contribution >= 0.6 is 0 Å². The molecule has 31 heavy (non-hydrogen) atoms. The number of likely N-dealkylation sites (tertiary alicyclic amines) is 1. The number of amides is 1. The third kappa shape index (κ3) is 4.14. The van der Waals surface area contributed by atoms with Gasteiger partial charge in [-0.05, 0) is 44.9 Å². The van der Waals surface area contributed by atoms with Crippen LogP contribution in [0.25, 0.3) is 11.0 Å². The predicted molar refractivity (Wildman–Crippen MR) is 108 cm³/mol. The van der Waals surface area contributed by atoms with Crippen molar-refractivity contribution in [2.45, 2.75) is 38.8 Å². The van der Waals surface area contributed by atoms with Crippen LogP contribution in [0.15, 0.2) is 24.3 Å². The Morgan fingerprint density at radius 3 is 2.65 bits per heavy atom. The van der Waals surface area contributed by atoms with Gasteiger partial charge in [-0.1, -0.05) is 6.07 Å². The minimum Gasteiger partial charge on any atom is -0.383 e. The average Bonchev–Trinajstić information content (AvgIpc) is 2.71. The van der Waals surface area contributed by atoms with Gasteiger partial charge in [-0.2, -0.15) is 13.2 Å². The van der Waals surface area contributed by atoms with E-state index in [-0.39, 0.29) is 46.7 Å². The Labute approximate surface area is 176 Å². The largest absolute Gasteiger partial charge is 0.417 e. The number of alkyl halides is 3. The molecule has 1 aliphatic rings. The fourth-order valence-corrected chi connectivity index (χ4v) is 3.95. The highest BCUT2D eigenvalue weighted by Gasteiger charge is 2.36. The molecule has 1 atom stereocenters. The van der Waals surface area contributed by atoms with E-state index in [9.17, 15) is 18.0 Å². The van der Waals surface area contributed by atoms with Crippen LogP contribution in [0, 0.1) is 13.8 Å². The molecule has 3 aromatic heterocycles. The van der Waals surface area contributed by atoms with Crippen molar-refractivity contribution < 1.29 is 18.0 Å². The number of aromatic nitrogens is 4. The molecule has 10 heteroatoms. The maximum Gasteiger partial charge on any atom is 0.417 e. The van der Waals surface area contributed by atoms with Gasteiger partial charge in [-0.3, -0.25) is 4.79 Å². The first-order valence-electron chi connectivity index (χ1n) is 9.88. The monoisotopic (exact) mass is 430 g/mol. The number of nitrogens with zero attached hydrogens (tertiary/aromatic N) is 5. The fourth-order valence-electron chi connectivity index (χ4n) is 3.95. The van der Waals surface area contributed by atoms with Gasteiger partial charge in [-0.25, -0.2) is 19.9 Å². The highest BCUT2D eigenvalue weighted by molar-refractivity contribution is 5.92. The Morgan fingerprint density at radius 1 is 1.16 bits per heavy atom. The van der Waals surface area contributed by atoms with Crippen LogP contribution in [0.1, 0.15) is 52.0 Å². The van der Waals surface area contributed by atoms with Gasteiger partial charge in [-0.15, -0.1) is 0 Å². The van der Waals surface area contributed by atoms with Crippen molar-refractivity contribution >= 4 is 22.8 Å². The lowest BCUT2D eigenvalue weighted by molar-refractivity contribution is -0.136. The Morgan fingerprint density at radius 2 is 1.94 bits per heavy atom. The van der Waals surface area contributed by atoms with Gasteiger partial charge in [0.05, 0.1) is 10.9 Å². The zero-order valence-corrected chi connectivity index (χ0v) is 17.1. The smallest absolute Gasteiger partial charge is 0.383 e. The Balaban J connectivity index is 1.72. The number of anilines is 1. The van der Waals surface area contributed by atoms with Gasteiger partial charge in [0.1, 0.15) is 17.3 Å². The number of carbonyl (C=O) groups is 1. The number of fused-ring (bicyclic) bond motifs is 1. The summed E-state index contributed by atoms with van der Waals surface area (Å²) in [6.45, 7) is 4.11. The zero-order chi connectivity index (χ0) is 22.3. The van der Waals surface area contributed by atoms with E-state index in [1.54, 1.807) is 36.9 Å². The number of carbonyl (C=O) groups excluding carboxylic acids is 1. The van der Waals surface area contributed by atoms with Gasteiger partial charge >= 0.3 is 6.18 Å². The van der Waals surface area contributed by atoms with E-state index in [0.717, 1.165) is 11.8 Å². The molecule has 0 radical (unpaired) electrons. The standard InChI is InChI=1S/C21H21F3N6O/c1-11-5-3-7-15(26-11)20(31)30-8-4-6-13(10-30)16-9-14(21(22,23)24)17-18(25)27-12(2)28-19(17)29-16/h3,5,7,9,13H,4,6,8,10H2,1-2H3,(H2,25,27,28,29)/t13-/m1/s1. The maximum absolute atomic E-state index is 13.8. The van der Waals surface area contributed by atoms with Crippen LogP contribution in [0.4, 0.5) is 19.0 Å². The molecule has 4 rings (SSSR count). The number of hydrogen-bond acceptors (Lipinski definition) is 6. The summed E-state index contributed by atoms with van der Waals surface area (Å²) in [6.07, 6.45) is -3.38. The summed E-state index contributed by atoms with van der Waals surface area (Å²) < 4.78 is 41.4. The fraction of sp³-hybridized carbons (Fsp3) is 0.381. The van der Waals surface area contributed by atoms with E-state index in [2.05, 4.69) is 19.9 Å². The third-order valence-electron chi connectivity index (χ3n) is 5.37. The molecule has 0 bridgehead atoms. The minimum absolute atomic E-state index is 0.0846. The summed E-state index contributed by atoms with van der Waals surface area (Å²) in [7, 11) is 0. The van der Waals surface area contributed by atoms with Gasteiger partial charge in [0.2, 0.25) is 0 Å². The molecular weight excluding hydrogens is 409 g/mol. The molecule has 1 saturated heterocycles. The molecule has 3 aromatic rings. The summed E-state index contributed by atoms with van der Waals surface area (Å²) in [6, 6.07) is 6.20. The van der Waals surface area contributed by atoms with Gasteiger partial charge in [0.25, 0.3) is 5.91 Å². The number of halogens is 3. The molecule has 0 unspecified atom stereocenters. The molecule has 0 saturated carbocycles. The Hall–Kier alpha value is -3.30. The summed E-state index contributed by atoms with van der Waals surface area (Å²) in [4.78, 5) is 31.1. The lowest BCUT2D eigenvalue weighted by Crippen LogP contribution is -2.39. The molecule has 2 N–H and O–H groups in total. The van der Waals surface area contributed by atoms with Gasteiger partial charge in [0.15, 0.2) is 5.65 Å². The normalized spacial score (nSPS) is 17.2. The Kier molecular flexibility index (Phi) is 5.24. The molecule has 162 valence electrons. The molecule has 1 amide bonds. The average molecular weight is 430 g/mol. The number of nitrogens with two attached hydrogens (primary N) is 1. The molecule has 1 fully saturated rings. The van der Waals surface area contributed by atoms with E-state index in [0.29, 0.717) is 25.1 Å². The highest BCUT2D eigenvalue weighted by atomic mass is 19.4. The van der Waals surface area contributed by atoms with Crippen molar-refractivity contribution in [1.29, 1.82) is 0 Å². The first-order valence-corrected chi connectivity index (χ1v) is 9.88. The molecule has 7 nitrogen and oxygen atoms in total. The van der Waals surface area contributed by atoms with Crippen LogP contribution in [0.5, 0.6) is 0 Å². The van der Waals surface area contributed by atoms with E-state index in [1.807, 2.05) is 0 Å². The molecule has 0 spiro atoms. The van der Waals surface area contributed by atoms with Crippen molar-refractivity contribution in [3.05, 3.63) is 52.7 Å². The second kappa shape index (κ2) is 7.75. The molecule has 0 aromatic carbocycles. The summed E-state index contributed by atoms with van der Waals surface area (Å²) in [5.41, 5.74) is 6.06. The van der Waals surface area contributed by atoms with Crippen LogP contribution < -0.4 is 5.73 Å². The maximum atomic E-state index is 13.8. The second-order valence-electron chi connectivity index (χ2n) is 7.70. The van der Waals surface area contributed by atoms with Crippen molar-refractivity contribution in [3.8, 4) is 0 Å². The van der Waals surface area contributed by atoms with Gasteiger partial charge in [0, 0.05) is 30.4 Å². The number of nitrogen functional groups attached to an aromatic ring is 1. The topological polar surface area (TPSA) is 97.9 Å². The minimum atomic E-state index is -4.64. The predicted octanol–water partition coefficient (Wildman–Crippen LogP) is 3.66. The third-order valence-corrected chi connectivity index (χ3v) is 5.37. The van der Waals surface area contributed by atoms with Gasteiger partial charge < -0.3 is 10.6 Å². The lowest BCUT2D eigenvalue weighted by atomic mass is 9.92. The second-order valence-corrected chi connectivity index (χ2v) is 7.70. The van der Waals surface area contributed by atoms with E-state index in [4.69, 9.17) is 5.73 Å². The summed E-state index contributed by atoms with van der Waals surface area (Å²) >= 11 is 0. The number of aryl methyl sites for hydroxylation is 2. The number of hydrogen-bond donors (Lipinski definition) is 1. The van der Waals surface area contributed by atoms with Crippen LogP contribution in [-0.2, 0) is 6.18 Å². The molecule has 0 aliphatic carbocycles. The van der Waals surface area contributed by atoms with Crippen molar-refractivity contribution in [2.75, 3.05) is 18.8 Å². The molecule has 1 aliphatic heterocycles. The number of pyridine rings is 2. The highest BCUT2D eigenvalue weighted by Crippen LogP contribution is 2.38. The van der Waals surface area contributed by atoms with Crippen molar-refractivity contribution in [2.24, 2.45) is 0 Å². The first kappa shape index (κ1) is 21.0. The van der Waals surface area contributed by atoms with Crippen LogP contribution in [-0.4, -0.2) is 43.8 Å². The number of rotatable bonds is 2. The number of piperidine rings is 1. The van der Waals surface area contributed by atoms with E-state index < -0.39 is 11.7 Å². The summed E-state index contributed by atoms with van der Waals surface area (Å²) in [5.74, 6) is -0.606. The zero-order valence-electron chi connectivity index (χ0n) is 17.1.